The molecule has 0 aliphatic rings. The number of carboxylic acid groups (broad SMARTS) is 1. The van der Waals surface area contributed by atoms with Crippen molar-refractivity contribution >= 4 is 28.6 Å². The summed E-state index contributed by atoms with van der Waals surface area (Å²) in [4.78, 5) is 18.2. The summed E-state index contributed by atoms with van der Waals surface area (Å²) in [6.07, 6.45) is 3.14. The van der Waals surface area contributed by atoms with E-state index in [0.717, 1.165) is 9.88 Å². The highest BCUT2D eigenvalue weighted by atomic mass is 32.1. The van der Waals surface area contributed by atoms with Gasteiger partial charge in [0.15, 0.2) is 0 Å². The number of nitrogens with zero attached hydrogens (tertiary/aromatic N) is 1. The first kappa shape index (κ1) is 16.1. The highest BCUT2D eigenvalue weighted by Crippen LogP contribution is 2.29. The lowest BCUT2D eigenvalue weighted by molar-refractivity contribution is -0.149. The van der Waals surface area contributed by atoms with Gasteiger partial charge in [-0.25, -0.2) is 4.98 Å². The molecule has 2 heterocycles. The molecule has 0 bridgehead atoms. The fourth-order valence-electron chi connectivity index (χ4n) is 2.21. The van der Waals surface area contributed by atoms with Gasteiger partial charge in [-0.3, -0.25) is 4.79 Å². The first-order valence-electron chi connectivity index (χ1n) is 7.04. The highest BCUT2D eigenvalue weighted by molar-refractivity contribution is 7.20. The molecule has 0 aromatic carbocycles. The Labute approximate surface area is 132 Å². The van der Waals surface area contributed by atoms with E-state index in [2.05, 4.69) is 16.4 Å². The Hall–Kier alpha value is -1.24. The summed E-state index contributed by atoms with van der Waals surface area (Å²) in [5, 5.41) is 15.7. The number of thiazole rings is 1. The predicted molar refractivity (Wildman–Crippen MR) is 87.8 cm³/mol. The van der Waals surface area contributed by atoms with Gasteiger partial charge in [0, 0.05) is 24.2 Å². The molecular formula is C15H20N2O2S2. The van der Waals surface area contributed by atoms with E-state index in [1.807, 2.05) is 31.5 Å². The smallest absolute Gasteiger partial charge is 0.310 e. The van der Waals surface area contributed by atoms with Gasteiger partial charge in [0.05, 0.1) is 10.3 Å². The normalized spacial score (nSPS) is 11.7. The minimum Gasteiger partial charge on any atom is -0.481 e. The lowest BCUT2D eigenvalue weighted by Crippen LogP contribution is -2.39. The molecule has 0 aliphatic heterocycles. The number of carbonyl (C=O) groups is 1. The van der Waals surface area contributed by atoms with Crippen LogP contribution >= 0.6 is 22.7 Å². The maximum atomic E-state index is 11.4. The molecule has 6 heteroatoms. The van der Waals surface area contributed by atoms with Crippen LogP contribution in [0.4, 0.5) is 0 Å². The maximum absolute atomic E-state index is 11.4. The summed E-state index contributed by atoms with van der Waals surface area (Å²) < 4.78 is 0. The van der Waals surface area contributed by atoms with Crippen molar-refractivity contribution in [2.45, 2.75) is 33.2 Å². The first-order chi connectivity index (χ1) is 10.1. The summed E-state index contributed by atoms with van der Waals surface area (Å²) in [7, 11) is 0. The summed E-state index contributed by atoms with van der Waals surface area (Å²) in [6.45, 7) is 5.02. The quantitative estimate of drug-likeness (QED) is 0.774. The van der Waals surface area contributed by atoms with E-state index in [0.29, 0.717) is 25.9 Å². The zero-order valence-electron chi connectivity index (χ0n) is 12.3. The van der Waals surface area contributed by atoms with Gasteiger partial charge in [0.2, 0.25) is 0 Å². The first-order valence-corrected chi connectivity index (χ1v) is 8.73. The molecule has 2 aromatic rings. The molecule has 0 unspecified atom stereocenters. The average Bonchev–Trinajstić information content (AvgIpc) is 3.14. The molecular weight excluding hydrogens is 304 g/mol. The lowest BCUT2D eigenvalue weighted by atomic mass is 9.82. The summed E-state index contributed by atoms with van der Waals surface area (Å²) in [5.41, 5.74) is -0.665. The SMILES string of the molecule is CCC(CC)(CNCc1cnc(-c2cccs2)s1)C(=O)O. The molecule has 0 aliphatic carbocycles. The van der Waals surface area contributed by atoms with E-state index < -0.39 is 11.4 Å². The third-order valence-corrected chi connectivity index (χ3v) is 5.89. The van der Waals surface area contributed by atoms with E-state index in [1.165, 1.54) is 4.88 Å². The van der Waals surface area contributed by atoms with Crippen molar-refractivity contribution in [3.63, 3.8) is 0 Å². The van der Waals surface area contributed by atoms with Gasteiger partial charge in [-0.2, -0.15) is 0 Å². The van der Waals surface area contributed by atoms with Crippen LogP contribution in [0.1, 0.15) is 31.6 Å². The summed E-state index contributed by atoms with van der Waals surface area (Å²) >= 11 is 3.33. The Morgan fingerprint density at radius 2 is 2.19 bits per heavy atom. The molecule has 21 heavy (non-hydrogen) atoms. The van der Waals surface area contributed by atoms with Crippen LogP contribution in [0, 0.1) is 5.41 Å². The molecule has 2 rings (SSSR count). The Balaban J connectivity index is 1.93. The van der Waals surface area contributed by atoms with Crippen LogP contribution in [-0.4, -0.2) is 22.6 Å². The van der Waals surface area contributed by atoms with Gasteiger partial charge in [-0.15, -0.1) is 22.7 Å². The van der Waals surface area contributed by atoms with Crippen LogP contribution in [0.2, 0.25) is 0 Å². The second kappa shape index (κ2) is 7.15. The predicted octanol–water partition coefficient (Wildman–Crippen LogP) is 3.85. The van der Waals surface area contributed by atoms with Crippen molar-refractivity contribution in [1.29, 1.82) is 0 Å². The van der Waals surface area contributed by atoms with E-state index in [-0.39, 0.29) is 0 Å². The number of thiophene rings is 1. The number of nitrogens with one attached hydrogen (secondary N) is 1. The topological polar surface area (TPSA) is 62.2 Å². The fraction of sp³-hybridized carbons (Fsp3) is 0.467. The van der Waals surface area contributed by atoms with Crippen LogP contribution in [0.3, 0.4) is 0 Å². The molecule has 2 N–H and O–H groups in total. The maximum Gasteiger partial charge on any atom is 0.310 e. The molecule has 114 valence electrons. The monoisotopic (exact) mass is 324 g/mol. The van der Waals surface area contributed by atoms with Crippen molar-refractivity contribution in [3.8, 4) is 9.88 Å². The second-order valence-corrected chi connectivity index (χ2v) is 7.07. The van der Waals surface area contributed by atoms with E-state index in [4.69, 9.17) is 0 Å². The van der Waals surface area contributed by atoms with Crippen molar-refractivity contribution in [2.75, 3.05) is 6.54 Å². The van der Waals surface area contributed by atoms with Gasteiger partial charge >= 0.3 is 5.97 Å². The molecule has 0 radical (unpaired) electrons. The molecule has 0 fully saturated rings. The molecule has 0 saturated heterocycles. The number of rotatable bonds is 8. The Kier molecular flexibility index (Phi) is 5.50. The lowest BCUT2D eigenvalue weighted by Gasteiger charge is -2.26. The fourth-order valence-corrected chi connectivity index (χ4v) is 3.89. The Bertz CT molecular complexity index is 574. The molecule has 0 atom stereocenters. The zero-order chi connectivity index (χ0) is 15.3. The highest BCUT2D eigenvalue weighted by Gasteiger charge is 2.34. The average molecular weight is 324 g/mol. The molecule has 4 nitrogen and oxygen atoms in total. The molecule has 0 spiro atoms. The van der Waals surface area contributed by atoms with Gasteiger partial charge in [-0.1, -0.05) is 19.9 Å². The molecule has 0 amide bonds. The molecule has 2 aromatic heterocycles. The van der Waals surface area contributed by atoms with E-state index in [1.54, 1.807) is 22.7 Å². The third-order valence-electron chi connectivity index (χ3n) is 3.86. The Morgan fingerprint density at radius 1 is 1.43 bits per heavy atom. The number of hydrogen-bond acceptors (Lipinski definition) is 5. The number of aliphatic carboxylic acids is 1. The minimum atomic E-state index is -0.719. The number of aromatic nitrogens is 1. The molecule has 0 saturated carbocycles. The second-order valence-electron chi connectivity index (χ2n) is 5.01. The van der Waals surface area contributed by atoms with Crippen LogP contribution < -0.4 is 5.32 Å². The Morgan fingerprint density at radius 3 is 2.76 bits per heavy atom. The zero-order valence-corrected chi connectivity index (χ0v) is 13.9. The number of hydrogen-bond donors (Lipinski definition) is 2. The summed E-state index contributed by atoms with van der Waals surface area (Å²) in [5.74, 6) is -0.719. The van der Waals surface area contributed by atoms with Crippen molar-refractivity contribution in [1.82, 2.24) is 10.3 Å². The van der Waals surface area contributed by atoms with Crippen molar-refractivity contribution in [3.05, 3.63) is 28.6 Å². The summed E-state index contributed by atoms with van der Waals surface area (Å²) in [6, 6.07) is 4.08. The van der Waals surface area contributed by atoms with Crippen LogP contribution in [-0.2, 0) is 11.3 Å². The van der Waals surface area contributed by atoms with Gasteiger partial charge < -0.3 is 10.4 Å². The third kappa shape index (κ3) is 3.70. The largest absolute Gasteiger partial charge is 0.481 e. The van der Waals surface area contributed by atoms with E-state index in [9.17, 15) is 9.90 Å². The van der Waals surface area contributed by atoms with Crippen LogP contribution in [0.25, 0.3) is 9.88 Å². The van der Waals surface area contributed by atoms with Gasteiger partial charge in [-0.05, 0) is 24.3 Å². The van der Waals surface area contributed by atoms with Crippen LogP contribution in [0.15, 0.2) is 23.7 Å². The van der Waals surface area contributed by atoms with Crippen molar-refractivity contribution in [2.24, 2.45) is 5.41 Å². The van der Waals surface area contributed by atoms with E-state index >= 15 is 0 Å². The number of carboxylic acids is 1. The van der Waals surface area contributed by atoms with Crippen molar-refractivity contribution < 1.29 is 9.90 Å². The minimum absolute atomic E-state index is 0.488. The standard InChI is InChI=1S/C15H20N2O2S2/c1-3-15(4-2,14(18)19)10-16-8-11-9-17-13(21-11)12-6-5-7-20-12/h5-7,9,16H,3-4,8,10H2,1-2H3,(H,18,19). The van der Waals surface area contributed by atoms with Crippen LogP contribution in [0.5, 0.6) is 0 Å². The van der Waals surface area contributed by atoms with Gasteiger partial charge in [0.25, 0.3) is 0 Å². The van der Waals surface area contributed by atoms with Gasteiger partial charge in [0.1, 0.15) is 5.01 Å².